The molecule has 46 heavy (non-hydrogen) atoms. The lowest BCUT2D eigenvalue weighted by molar-refractivity contribution is -0.138. The number of phenolic OH excluding ortho intramolecular Hbond substituents is 1. The largest absolute Gasteiger partial charge is 0.507 e. The van der Waals surface area contributed by atoms with E-state index in [1.165, 1.54) is 28.1 Å². The number of hydrogen-bond acceptors (Lipinski definition) is 8. The summed E-state index contributed by atoms with van der Waals surface area (Å²) in [6, 6.07) is 5.99. The molecule has 1 saturated heterocycles. The van der Waals surface area contributed by atoms with Gasteiger partial charge in [0.2, 0.25) is 0 Å². The minimum atomic E-state index is -3.77. The van der Waals surface area contributed by atoms with Crippen LogP contribution in [-0.2, 0) is 32.7 Å². The van der Waals surface area contributed by atoms with Gasteiger partial charge in [-0.25, -0.2) is 13.2 Å². The van der Waals surface area contributed by atoms with Crippen molar-refractivity contribution in [3.63, 3.8) is 0 Å². The highest BCUT2D eigenvalue weighted by atomic mass is 32.2. The first kappa shape index (κ1) is 38.9. The number of carboxylic acids is 2. The van der Waals surface area contributed by atoms with Crippen LogP contribution in [0.4, 0.5) is 0 Å². The van der Waals surface area contributed by atoms with Crippen molar-refractivity contribution in [3.8, 4) is 5.75 Å². The van der Waals surface area contributed by atoms with E-state index in [0.29, 0.717) is 51.1 Å². The quantitative estimate of drug-likeness (QED) is 0.121. The summed E-state index contributed by atoms with van der Waals surface area (Å²) < 4.78 is 28.9. The van der Waals surface area contributed by atoms with E-state index in [2.05, 4.69) is 58.7 Å². The monoisotopic (exact) mass is 682 g/mol. The number of phenols is 1. The van der Waals surface area contributed by atoms with Crippen molar-refractivity contribution in [1.29, 1.82) is 0 Å². The second-order valence-electron chi connectivity index (χ2n) is 13.4. The highest BCUT2D eigenvalue weighted by molar-refractivity contribution is 8.00. The fraction of sp³-hybridized carbons (Fsp3) is 0.581. The van der Waals surface area contributed by atoms with Crippen LogP contribution in [0.3, 0.4) is 0 Å². The minimum absolute atomic E-state index is 0.000763. The molecule has 1 aromatic heterocycles. The Morgan fingerprint density at radius 3 is 1.96 bits per heavy atom. The smallest absolute Gasteiger partial charge is 0.352 e. The van der Waals surface area contributed by atoms with Crippen LogP contribution in [0.15, 0.2) is 39.2 Å². The predicted molar refractivity (Wildman–Crippen MR) is 181 cm³/mol. The molecule has 2 aromatic rings. The number of aliphatic imine (C=N–C) groups is 1. The van der Waals surface area contributed by atoms with Crippen molar-refractivity contribution in [2.45, 2.75) is 99.3 Å². The predicted octanol–water partition coefficient (Wildman–Crippen LogP) is 3.42. The Hall–Kier alpha value is -3.27. The summed E-state index contributed by atoms with van der Waals surface area (Å²) in [6.07, 6.45) is 2.34. The number of piperidine rings is 1. The summed E-state index contributed by atoms with van der Waals surface area (Å²) in [6.45, 7) is 13.7. The number of thioether (sulfide) groups is 1. The molecule has 3 rings (SSSR count). The summed E-state index contributed by atoms with van der Waals surface area (Å²) in [7, 11) is -2.31. The standard InChI is InChI=1S/C25H36N2O5S2.C6H14N4O2/c1-24(2,3)18-14-17(15-19(22(18)28)25(4,5)6)33-16-10-12-27(13-11-16)34(31,32)21-9-8-20(23(29)30)26(21)7;7-4(5(11)12)2-1-3-10-6(8)9/h8-9,14-16,28H,10-13H2,1-7H3,(H,29,30);4H,1-3,7H2,(H,11,12)(H4,8,9,10). The van der Waals surface area contributed by atoms with E-state index in [1.54, 1.807) is 11.8 Å². The molecule has 0 aliphatic carbocycles. The zero-order valence-electron chi connectivity index (χ0n) is 27.8. The molecule has 15 heteroatoms. The molecule has 0 radical (unpaired) electrons. The SMILES string of the molecule is Cn1c(C(=O)O)ccc1S(=O)(=O)N1CCC(Sc2cc(C(C)(C)C)c(O)c(C(C)(C)C)c2)CC1.NC(N)=NCCCC(N)C(=O)O. The van der Waals surface area contributed by atoms with Crippen LogP contribution in [0.1, 0.15) is 88.8 Å². The lowest BCUT2D eigenvalue weighted by atomic mass is 9.79. The van der Waals surface area contributed by atoms with E-state index in [9.17, 15) is 28.2 Å². The van der Waals surface area contributed by atoms with Crippen LogP contribution in [0.2, 0.25) is 0 Å². The average Bonchev–Trinajstić information content (AvgIpc) is 3.33. The number of guanidine groups is 1. The number of nitrogens with two attached hydrogens (primary N) is 3. The van der Waals surface area contributed by atoms with Gasteiger partial charge < -0.3 is 37.1 Å². The van der Waals surface area contributed by atoms with Gasteiger partial charge in [-0.2, -0.15) is 4.31 Å². The number of aromatic hydroxyl groups is 1. The van der Waals surface area contributed by atoms with Crippen LogP contribution >= 0.6 is 11.8 Å². The second kappa shape index (κ2) is 15.5. The number of benzene rings is 1. The van der Waals surface area contributed by atoms with E-state index < -0.39 is 28.0 Å². The lowest BCUT2D eigenvalue weighted by Gasteiger charge is -2.32. The zero-order valence-corrected chi connectivity index (χ0v) is 29.4. The van der Waals surface area contributed by atoms with Crippen LogP contribution in [0, 0.1) is 0 Å². The molecule has 1 unspecified atom stereocenters. The van der Waals surface area contributed by atoms with E-state index >= 15 is 0 Å². The van der Waals surface area contributed by atoms with Crippen LogP contribution in [-0.4, -0.2) is 81.4 Å². The lowest BCUT2D eigenvalue weighted by Crippen LogP contribution is -2.40. The number of aromatic nitrogens is 1. The normalized spacial score (nSPS) is 15.5. The third-order valence-electron chi connectivity index (χ3n) is 7.59. The molecule has 1 fully saturated rings. The Morgan fingerprint density at radius 1 is 1.02 bits per heavy atom. The molecule has 0 saturated carbocycles. The third-order valence-corrected chi connectivity index (χ3v) is 10.9. The van der Waals surface area contributed by atoms with Gasteiger partial charge in [0.15, 0.2) is 11.0 Å². The van der Waals surface area contributed by atoms with Gasteiger partial charge in [-0.15, -0.1) is 11.8 Å². The van der Waals surface area contributed by atoms with Crippen molar-refractivity contribution in [1.82, 2.24) is 8.87 Å². The molecule has 1 aliphatic heterocycles. The zero-order chi connectivity index (χ0) is 35.2. The van der Waals surface area contributed by atoms with Gasteiger partial charge in [-0.3, -0.25) is 9.79 Å². The van der Waals surface area contributed by atoms with E-state index in [1.807, 2.05) is 0 Å². The number of carbonyl (C=O) groups is 2. The molecule has 1 atom stereocenters. The molecule has 258 valence electrons. The third kappa shape index (κ3) is 10.4. The molecule has 0 spiro atoms. The Balaban J connectivity index is 0.000000521. The highest BCUT2D eigenvalue weighted by Crippen LogP contribution is 2.43. The van der Waals surface area contributed by atoms with Gasteiger partial charge in [0.05, 0.1) is 0 Å². The summed E-state index contributed by atoms with van der Waals surface area (Å²) in [5, 5.41) is 28.8. The molecule has 9 N–H and O–H groups in total. The molecule has 1 aliphatic rings. The van der Waals surface area contributed by atoms with E-state index in [0.717, 1.165) is 16.0 Å². The Morgan fingerprint density at radius 2 is 1.54 bits per heavy atom. The van der Waals surface area contributed by atoms with Crippen molar-refractivity contribution in [2.24, 2.45) is 29.2 Å². The number of carboxylic acid groups (broad SMARTS) is 2. The average molecular weight is 683 g/mol. The van der Waals surface area contributed by atoms with Gasteiger partial charge >= 0.3 is 11.9 Å². The van der Waals surface area contributed by atoms with E-state index in [-0.39, 0.29) is 32.8 Å². The van der Waals surface area contributed by atoms with Gasteiger partial charge in [0.1, 0.15) is 17.5 Å². The van der Waals surface area contributed by atoms with Gasteiger partial charge in [-0.05, 0) is 60.8 Å². The number of nitrogens with zero attached hydrogens (tertiary/aromatic N) is 3. The second-order valence-corrected chi connectivity index (χ2v) is 16.7. The molecule has 13 nitrogen and oxygen atoms in total. The van der Waals surface area contributed by atoms with Crippen LogP contribution in [0.25, 0.3) is 0 Å². The summed E-state index contributed by atoms with van der Waals surface area (Å²) >= 11 is 1.74. The Labute approximate surface area is 276 Å². The maximum atomic E-state index is 13.1. The molecule has 0 bridgehead atoms. The molecular formula is C31H50N6O7S2. The van der Waals surface area contributed by atoms with Crippen molar-refractivity contribution < 1.29 is 33.3 Å². The maximum Gasteiger partial charge on any atom is 0.352 e. The van der Waals surface area contributed by atoms with Gasteiger partial charge in [-0.1, -0.05) is 41.5 Å². The number of aromatic carboxylic acids is 1. The number of aliphatic carboxylic acids is 1. The summed E-state index contributed by atoms with van der Waals surface area (Å²) in [4.78, 5) is 26.3. The fourth-order valence-electron chi connectivity index (χ4n) is 4.94. The molecule has 2 heterocycles. The maximum absolute atomic E-state index is 13.1. The first-order chi connectivity index (χ1) is 21.1. The first-order valence-electron chi connectivity index (χ1n) is 15.0. The Bertz CT molecular complexity index is 1480. The topological polar surface area (TPSA) is 228 Å². The van der Waals surface area contributed by atoms with Crippen molar-refractivity contribution >= 4 is 39.7 Å². The molecular weight excluding hydrogens is 633 g/mol. The molecule has 0 amide bonds. The van der Waals surface area contributed by atoms with E-state index in [4.69, 9.17) is 22.3 Å². The number of hydrogen-bond donors (Lipinski definition) is 6. The Kier molecular flexibility index (Phi) is 13.2. The van der Waals surface area contributed by atoms with Crippen molar-refractivity contribution in [3.05, 3.63) is 41.1 Å². The summed E-state index contributed by atoms with van der Waals surface area (Å²) in [5.74, 6) is -1.79. The number of sulfonamides is 1. The highest BCUT2D eigenvalue weighted by Gasteiger charge is 2.33. The van der Waals surface area contributed by atoms with Crippen molar-refractivity contribution in [2.75, 3.05) is 19.6 Å². The summed E-state index contributed by atoms with van der Waals surface area (Å²) in [5.41, 5.74) is 16.7. The minimum Gasteiger partial charge on any atom is -0.507 e. The van der Waals surface area contributed by atoms with Gasteiger partial charge in [0.25, 0.3) is 10.0 Å². The van der Waals surface area contributed by atoms with Crippen LogP contribution < -0.4 is 17.2 Å². The first-order valence-corrected chi connectivity index (χ1v) is 17.4. The molecule has 1 aromatic carbocycles. The van der Waals surface area contributed by atoms with Gasteiger partial charge in [0, 0.05) is 48.0 Å². The van der Waals surface area contributed by atoms with Crippen LogP contribution in [0.5, 0.6) is 5.75 Å². The number of rotatable bonds is 10. The fourth-order valence-corrected chi connectivity index (χ4v) is 7.79.